The van der Waals surface area contributed by atoms with Gasteiger partial charge >= 0.3 is 0 Å². The van der Waals surface area contributed by atoms with Crippen molar-refractivity contribution in [1.82, 2.24) is 0 Å². The maximum atomic E-state index is 2.30. The van der Waals surface area contributed by atoms with E-state index >= 15 is 0 Å². The molecule has 0 unspecified atom stereocenters. The zero-order valence-corrected chi connectivity index (χ0v) is 8.26. The topological polar surface area (TPSA) is 0 Å². The summed E-state index contributed by atoms with van der Waals surface area (Å²) < 4.78 is 0. The van der Waals surface area contributed by atoms with Crippen molar-refractivity contribution < 1.29 is 0 Å². The van der Waals surface area contributed by atoms with Crippen LogP contribution in [0, 0.1) is 0 Å². The van der Waals surface area contributed by atoms with Gasteiger partial charge in [0.25, 0.3) is 0 Å². The first-order valence-corrected chi connectivity index (χ1v) is 5.36. The molecule has 0 N–H and O–H groups in total. The number of benzene rings is 1. The lowest BCUT2D eigenvalue weighted by Crippen LogP contribution is -1.79. The van der Waals surface area contributed by atoms with Crippen molar-refractivity contribution in [3.05, 3.63) is 53.5 Å². The molecule has 66 valence electrons. The number of hydrogen-bond acceptors (Lipinski definition) is 1. The summed E-state index contributed by atoms with van der Waals surface area (Å²) in [6.45, 7) is 0. The molecule has 0 bridgehead atoms. The van der Waals surface area contributed by atoms with Crippen LogP contribution in [0.5, 0.6) is 0 Å². The predicted octanol–water partition coefficient (Wildman–Crippen LogP) is 4.01. The van der Waals surface area contributed by atoms with E-state index in [4.69, 9.17) is 0 Å². The molecule has 0 heterocycles. The molecule has 13 heavy (non-hydrogen) atoms. The van der Waals surface area contributed by atoms with Crippen molar-refractivity contribution in [2.24, 2.45) is 0 Å². The molecule has 0 amide bonds. The fourth-order valence-corrected chi connectivity index (χ4v) is 2.22. The average Bonchev–Trinajstić information content (AvgIpc) is 2.21. The van der Waals surface area contributed by atoms with Crippen LogP contribution in [-0.4, -0.2) is 0 Å². The third-order valence-corrected chi connectivity index (χ3v) is 2.99. The normalized spacial score (nSPS) is 15.5. The summed E-state index contributed by atoms with van der Waals surface area (Å²) in [4.78, 5) is 2.69. The molecular weight excluding hydrogens is 176 g/mol. The molecule has 1 aliphatic carbocycles. The second kappa shape index (κ2) is 4.33. The molecule has 1 aromatic carbocycles. The van der Waals surface area contributed by atoms with Crippen molar-refractivity contribution in [2.75, 3.05) is 0 Å². The fourth-order valence-electron chi connectivity index (χ4n) is 1.29. The van der Waals surface area contributed by atoms with Gasteiger partial charge in [0.05, 0.1) is 0 Å². The first-order valence-electron chi connectivity index (χ1n) is 4.55. The van der Waals surface area contributed by atoms with Crippen LogP contribution in [-0.2, 0) is 0 Å². The van der Waals surface area contributed by atoms with Crippen LogP contribution in [0.15, 0.2) is 58.4 Å². The molecule has 0 aliphatic heterocycles. The monoisotopic (exact) mass is 188 g/mol. The molecule has 1 heteroatoms. The lowest BCUT2D eigenvalue weighted by molar-refractivity contribution is 1.03. The minimum atomic E-state index is 1.19. The number of hydrogen-bond donors (Lipinski definition) is 0. The third-order valence-electron chi connectivity index (χ3n) is 1.94. The summed E-state index contributed by atoms with van der Waals surface area (Å²) >= 11 is 1.84. The van der Waals surface area contributed by atoms with Crippen LogP contribution in [0.2, 0.25) is 0 Å². The van der Waals surface area contributed by atoms with Gasteiger partial charge in [-0.3, -0.25) is 0 Å². The lowest BCUT2D eigenvalue weighted by Gasteiger charge is -2.05. The van der Waals surface area contributed by atoms with E-state index in [0.29, 0.717) is 0 Å². The zero-order valence-electron chi connectivity index (χ0n) is 7.44. The van der Waals surface area contributed by atoms with Crippen LogP contribution in [0.1, 0.15) is 12.8 Å². The lowest BCUT2D eigenvalue weighted by atomic mass is 10.2. The maximum absolute atomic E-state index is 2.30. The van der Waals surface area contributed by atoms with E-state index in [0.717, 1.165) is 0 Å². The highest BCUT2D eigenvalue weighted by Crippen LogP contribution is 2.29. The van der Waals surface area contributed by atoms with Crippen molar-refractivity contribution in [1.29, 1.82) is 0 Å². The van der Waals surface area contributed by atoms with E-state index < -0.39 is 0 Å². The largest absolute Gasteiger partial charge is 0.0905 e. The fraction of sp³-hybridized carbons (Fsp3) is 0.167. The summed E-state index contributed by atoms with van der Waals surface area (Å²) in [6, 6.07) is 10.5. The molecule has 1 aromatic rings. The van der Waals surface area contributed by atoms with Gasteiger partial charge < -0.3 is 0 Å². The van der Waals surface area contributed by atoms with Gasteiger partial charge in [-0.05, 0) is 25.0 Å². The van der Waals surface area contributed by atoms with Crippen LogP contribution < -0.4 is 0 Å². The second-order valence-corrected chi connectivity index (χ2v) is 4.15. The van der Waals surface area contributed by atoms with Gasteiger partial charge in [0, 0.05) is 9.80 Å². The Morgan fingerprint density at radius 2 is 1.85 bits per heavy atom. The van der Waals surface area contributed by atoms with E-state index in [1.54, 1.807) is 0 Å². The van der Waals surface area contributed by atoms with Crippen LogP contribution in [0.3, 0.4) is 0 Å². The Morgan fingerprint density at radius 1 is 1.00 bits per heavy atom. The van der Waals surface area contributed by atoms with Gasteiger partial charge in [0.15, 0.2) is 0 Å². The molecule has 0 nitrogen and oxygen atoms in total. The van der Waals surface area contributed by atoms with E-state index in [1.165, 1.54) is 22.6 Å². The quantitative estimate of drug-likeness (QED) is 0.675. The molecule has 2 rings (SSSR count). The van der Waals surface area contributed by atoms with E-state index in [1.807, 2.05) is 11.8 Å². The minimum Gasteiger partial charge on any atom is -0.0905 e. The van der Waals surface area contributed by atoms with E-state index in [2.05, 4.69) is 48.6 Å². The summed E-state index contributed by atoms with van der Waals surface area (Å²) in [5.41, 5.74) is 0. The molecule has 0 saturated carbocycles. The van der Waals surface area contributed by atoms with Crippen molar-refractivity contribution in [3.8, 4) is 0 Å². The minimum absolute atomic E-state index is 1.19. The molecule has 1 aliphatic rings. The highest BCUT2D eigenvalue weighted by Gasteiger charge is 1.98. The Morgan fingerprint density at radius 3 is 2.54 bits per heavy atom. The molecule has 0 fully saturated rings. The van der Waals surface area contributed by atoms with Gasteiger partial charge in [-0.2, -0.15) is 0 Å². The summed E-state index contributed by atoms with van der Waals surface area (Å²) in [7, 11) is 0. The van der Waals surface area contributed by atoms with Crippen LogP contribution in [0.4, 0.5) is 0 Å². The first kappa shape index (κ1) is 8.64. The molecule has 0 saturated heterocycles. The Balaban J connectivity index is 2.06. The predicted molar refractivity (Wildman–Crippen MR) is 58.8 cm³/mol. The second-order valence-electron chi connectivity index (χ2n) is 3.00. The Labute approximate surface area is 83.4 Å². The molecule has 0 aromatic heterocycles. The summed E-state index contributed by atoms with van der Waals surface area (Å²) in [6.07, 6.45) is 9.13. The Bertz CT molecular complexity index is 322. The van der Waals surface area contributed by atoms with Gasteiger partial charge in [0.1, 0.15) is 0 Å². The summed E-state index contributed by atoms with van der Waals surface area (Å²) in [5.74, 6) is 0. The van der Waals surface area contributed by atoms with Crippen molar-refractivity contribution >= 4 is 11.8 Å². The summed E-state index contributed by atoms with van der Waals surface area (Å²) in [5, 5.41) is 0. The highest BCUT2D eigenvalue weighted by molar-refractivity contribution is 8.03. The highest BCUT2D eigenvalue weighted by atomic mass is 32.2. The zero-order chi connectivity index (χ0) is 8.93. The van der Waals surface area contributed by atoms with Crippen molar-refractivity contribution in [2.45, 2.75) is 17.7 Å². The maximum Gasteiger partial charge on any atom is 0.0122 e. The van der Waals surface area contributed by atoms with E-state index in [-0.39, 0.29) is 0 Å². The molecule has 0 radical (unpaired) electrons. The molecule has 0 spiro atoms. The molecule has 0 atom stereocenters. The van der Waals surface area contributed by atoms with Gasteiger partial charge in [0.2, 0.25) is 0 Å². The standard InChI is InChI=1S/C12H12S/c1-3-7-11(8-4-1)13-12-9-5-2-6-10-12/h1,3-5,7-10H,2,6H2. The van der Waals surface area contributed by atoms with Crippen LogP contribution >= 0.6 is 11.8 Å². The van der Waals surface area contributed by atoms with Crippen molar-refractivity contribution in [3.63, 3.8) is 0 Å². The number of rotatable bonds is 2. The van der Waals surface area contributed by atoms with Gasteiger partial charge in [-0.25, -0.2) is 0 Å². The average molecular weight is 188 g/mol. The van der Waals surface area contributed by atoms with Gasteiger partial charge in [-0.15, -0.1) is 0 Å². The third kappa shape index (κ3) is 2.49. The Hall–Kier alpha value is -0.950. The SMILES string of the molecule is C1=CC(Sc2ccccc2)=CCC1. The Kier molecular flexibility index (Phi) is 2.88. The van der Waals surface area contributed by atoms with E-state index in [9.17, 15) is 0 Å². The van der Waals surface area contributed by atoms with Crippen LogP contribution in [0.25, 0.3) is 0 Å². The molecular formula is C12H12S. The number of allylic oxidation sites excluding steroid dienone is 3. The number of thioether (sulfide) groups is 1. The van der Waals surface area contributed by atoms with Gasteiger partial charge in [-0.1, -0.05) is 48.2 Å². The first-order chi connectivity index (χ1) is 6.45. The smallest absolute Gasteiger partial charge is 0.0122 e.